The van der Waals surface area contributed by atoms with Gasteiger partial charge in [-0.25, -0.2) is 13.4 Å². The van der Waals surface area contributed by atoms with E-state index in [0.29, 0.717) is 30.4 Å². The normalized spacial score (nSPS) is 22.3. The summed E-state index contributed by atoms with van der Waals surface area (Å²) < 4.78 is 32.6. The number of ether oxygens (including phenoxy) is 1. The summed E-state index contributed by atoms with van der Waals surface area (Å²) in [5, 5.41) is 0.661. The van der Waals surface area contributed by atoms with Crippen LogP contribution in [-0.2, 0) is 16.4 Å². The van der Waals surface area contributed by atoms with Gasteiger partial charge in [-0.2, -0.15) is 4.31 Å². The lowest BCUT2D eigenvalue weighted by Gasteiger charge is -2.39. The second-order valence-corrected chi connectivity index (χ2v) is 11.6. The van der Waals surface area contributed by atoms with Gasteiger partial charge in [-0.05, 0) is 61.6 Å². The fourth-order valence-corrected chi connectivity index (χ4v) is 6.54. The summed E-state index contributed by atoms with van der Waals surface area (Å²) in [6, 6.07) is 15.1. The van der Waals surface area contributed by atoms with Crippen LogP contribution in [0.4, 0.5) is 0 Å². The van der Waals surface area contributed by atoms with Crippen molar-refractivity contribution in [1.82, 2.24) is 14.2 Å². The van der Waals surface area contributed by atoms with Crippen molar-refractivity contribution in [3.05, 3.63) is 53.6 Å². The molecule has 1 aromatic heterocycles. The number of rotatable bonds is 6. The molecule has 2 fully saturated rings. The number of benzene rings is 2. The van der Waals surface area contributed by atoms with Crippen molar-refractivity contribution in [2.45, 2.75) is 38.3 Å². The number of hydrogen-bond donors (Lipinski definition) is 0. The van der Waals surface area contributed by atoms with Crippen LogP contribution in [0.1, 0.15) is 24.0 Å². The third kappa shape index (κ3) is 4.48. The molecule has 0 unspecified atom stereocenters. The largest absolute Gasteiger partial charge is 0.431 e. The molecule has 0 aliphatic carbocycles. The van der Waals surface area contributed by atoms with E-state index in [1.807, 2.05) is 18.2 Å². The summed E-state index contributed by atoms with van der Waals surface area (Å²) in [6.07, 6.45) is 4.45. The van der Waals surface area contributed by atoms with Crippen LogP contribution < -0.4 is 4.74 Å². The molecule has 2 aliphatic rings. The number of aryl methyl sites for hydroxylation is 1. The summed E-state index contributed by atoms with van der Waals surface area (Å²) >= 11 is 1.56. The fourth-order valence-electron chi connectivity index (χ4n) is 4.73. The van der Waals surface area contributed by atoms with Gasteiger partial charge in [0, 0.05) is 31.7 Å². The highest BCUT2D eigenvalue weighted by atomic mass is 32.2. The van der Waals surface area contributed by atoms with Gasteiger partial charge >= 0.3 is 0 Å². The van der Waals surface area contributed by atoms with E-state index in [-0.39, 0.29) is 0 Å². The van der Waals surface area contributed by atoms with Gasteiger partial charge in [0.05, 0.1) is 16.5 Å². The van der Waals surface area contributed by atoms with E-state index < -0.39 is 10.0 Å². The van der Waals surface area contributed by atoms with Gasteiger partial charge in [-0.3, -0.25) is 4.90 Å². The molecule has 0 spiro atoms. The smallest absolute Gasteiger partial charge is 0.279 e. The Bertz CT molecular complexity index is 1180. The Kier molecular flexibility index (Phi) is 5.50. The Labute approximate surface area is 187 Å². The molecule has 0 radical (unpaired) electrons. The van der Waals surface area contributed by atoms with E-state index in [1.54, 1.807) is 15.6 Å². The van der Waals surface area contributed by atoms with Crippen molar-refractivity contribution in [1.29, 1.82) is 0 Å². The van der Waals surface area contributed by atoms with Crippen LogP contribution in [-0.4, -0.2) is 60.6 Å². The van der Waals surface area contributed by atoms with Crippen molar-refractivity contribution >= 4 is 31.6 Å². The number of sulfonamides is 1. The van der Waals surface area contributed by atoms with Crippen molar-refractivity contribution in [3.63, 3.8) is 0 Å². The molecule has 3 aromatic rings. The zero-order valence-electron chi connectivity index (χ0n) is 17.8. The van der Waals surface area contributed by atoms with Gasteiger partial charge in [0.15, 0.2) is 0 Å². The Morgan fingerprint density at radius 2 is 1.81 bits per heavy atom. The van der Waals surface area contributed by atoms with Gasteiger partial charge < -0.3 is 4.74 Å². The highest BCUT2D eigenvalue weighted by Gasteiger charge is 2.41. The van der Waals surface area contributed by atoms with Crippen LogP contribution in [0, 0.1) is 6.92 Å². The maximum absolute atomic E-state index is 11.9. The minimum absolute atomic E-state index is 0.346. The lowest BCUT2D eigenvalue weighted by Crippen LogP contribution is -2.55. The van der Waals surface area contributed by atoms with E-state index >= 15 is 0 Å². The molecule has 2 aliphatic heterocycles. The average molecular weight is 458 g/mol. The number of nitrogens with zero attached hydrogens (tertiary/aromatic N) is 3. The minimum atomic E-state index is -3.10. The lowest BCUT2D eigenvalue weighted by molar-refractivity contribution is 0.112. The highest BCUT2D eigenvalue weighted by molar-refractivity contribution is 7.88. The number of fused-ring (bicyclic) bond motifs is 3. The second-order valence-electron chi connectivity index (χ2n) is 8.65. The number of thiazole rings is 1. The van der Waals surface area contributed by atoms with Crippen molar-refractivity contribution in [3.8, 4) is 10.9 Å². The first-order valence-corrected chi connectivity index (χ1v) is 13.4. The molecule has 2 aromatic carbocycles. The maximum Gasteiger partial charge on any atom is 0.279 e. The predicted molar refractivity (Wildman–Crippen MR) is 125 cm³/mol. The number of piperazine rings is 1. The molecule has 8 heteroatoms. The van der Waals surface area contributed by atoms with E-state index in [4.69, 9.17) is 4.74 Å². The van der Waals surface area contributed by atoms with Crippen LogP contribution in [0.5, 0.6) is 10.9 Å². The minimum Gasteiger partial charge on any atom is -0.431 e. The van der Waals surface area contributed by atoms with Gasteiger partial charge in [0.2, 0.25) is 10.0 Å². The van der Waals surface area contributed by atoms with E-state index in [1.165, 1.54) is 17.4 Å². The molecule has 2 atom stereocenters. The Morgan fingerprint density at radius 1 is 1.10 bits per heavy atom. The molecular formula is C23H27N3O3S2. The molecule has 6 nitrogen and oxygen atoms in total. The number of aromatic nitrogens is 1. The van der Waals surface area contributed by atoms with Gasteiger partial charge in [0.25, 0.3) is 5.19 Å². The molecule has 0 amide bonds. The summed E-state index contributed by atoms with van der Waals surface area (Å²) in [4.78, 5) is 7.07. The standard InChI is InChI=1S/C23H27N3O3S2/c1-16-3-10-21-22(13-16)30-23(24-21)29-20-8-4-17(5-9-20)11-12-26-18-6-7-19(26)15-25(14-18)31(2,27)28/h3-5,8-10,13,18-19H,6-7,11-12,14-15H2,1-2H3/t18-,19+. The third-order valence-electron chi connectivity index (χ3n) is 6.38. The molecule has 2 bridgehead atoms. The lowest BCUT2D eigenvalue weighted by atomic mass is 10.1. The fraction of sp³-hybridized carbons (Fsp3) is 0.435. The summed E-state index contributed by atoms with van der Waals surface area (Å²) in [7, 11) is -3.10. The first-order chi connectivity index (χ1) is 14.8. The monoisotopic (exact) mass is 457 g/mol. The van der Waals surface area contributed by atoms with E-state index in [9.17, 15) is 8.42 Å². The summed E-state index contributed by atoms with van der Waals surface area (Å²) in [5.41, 5.74) is 3.45. The molecule has 0 saturated carbocycles. The molecule has 3 heterocycles. The van der Waals surface area contributed by atoms with Gasteiger partial charge in [-0.1, -0.05) is 29.5 Å². The summed E-state index contributed by atoms with van der Waals surface area (Å²) in [5.74, 6) is 0.793. The average Bonchev–Trinajstić information content (AvgIpc) is 3.21. The van der Waals surface area contributed by atoms with Crippen LogP contribution in [0.15, 0.2) is 42.5 Å². The van der Waals surface area contributed by atoms with Crippen LogP contribution >= 0.6 is 11.3 Å². The van der Waals surface area contributed by atoms with Crippen LogP contribution in [0.25, 0.3) is 10.2 Å². The molecule has 5 rings (SSSR count). The molecule has 2 saturated heterocycles. The third-order valence-corrected chi connectivity index (χ3v) is 8.51. The predicted octanol–water partition coefficient (Wildman–Crippen LogP) is 4.05. The molecule has 31 heavy (non-hydrogen) atoms. The Hall–Kier alpha value is -2.00. The first kappa shape index (κ1) is 20.9. The van der Waals surface area contributed by atoms with Crippen molar-refractivity contribution in [2.75, 3.05) is 25.9 Å². The molecular weight excluding hydrogens is 430 g/mol. The van der Waals surface area contributed by atoms with Crippen LogP contribution in [0.2, 0.25) is 0 Å². The SMILES string of the molecule is Cc1ccc2nc(Oc3ccc(CCN4[C@@H]5CC[C@H]4CN(S(C)(=O)=O)C5)cc3)sc2c1. The van der Waals surface area contributed by atoms with Crippen molar-refractivity contribution in [2.24, 2.45) is 0 Å². The van der Waals surface area contributed by atoms with E-state index in [2.05, 4.69) is 41.1 Å². The van der Waals surface area contributed by atoms with Crippen molar-refractivity contribution < 1.29 is 13.2 Å². The Morgan fingerprint density at radius 3 is 2.48 bits per heavy atom. The highest BCUT2D eigenvalue weighted by Crippen LogP contribution is 2.33. The molecule has 0 N–H and O–H groups in total. The van der Waals surface area contributed by atoms with Gasteiger partial charge in [-0.15, -0.1) is 0 Å². The topological polar surface area (TPSA) is 62.7 Å². The number of hydrogen-bond acceptors (Lipinski definition) is 6. The first-order valence-electron chi connectivity index (χ1n) is 10.7. The van der Waals surface area contributed by atoms with E-state index in [0.717, 1.165) is 41.8 Å². The maximum atomic E-state index is 11.9. The zero-order valence-corrected chi connectivity index (χ0v) is 19.5. The second kappa shape index (κ2) is 8.16. The summed E-state index contributed by atoms with van der Waals surface area (Å²) in [6.45, 7) is 4.30. The van der Waals surface area contributed by atoms with Gasteiger partial charge in [0.1, 0.15) is 5.75 Å². The quantitative estimate of drug-likeness (QED) is 0.559. The Balaban J connectivity index is 1.19. The van der Waals surface area contributed by atoms with Crippen LogP contribution in [0.3, 0.4) is 0 Å². The zero-order chi connectivity index (χ0) is 21.6. The molecule has 164 valence electrons.